The number of carboxylic acids is 1. The number of benzene rings is 1. The van der Waals surface area contributed by atoms with Crippen LogP contribution in [0.3, 0.4) is 0 Å². The predicted octanol–water partition coefficient (Wildman–Crippen LogP) is 1.46. The summed E-state index contributed by atoms with van der Waals surface area (Å²) < 4.78 is 0. The molecule has 4 heteroatoms. The predicted molar refractivity (Wildman–Crippen MR) is 74.8 cm³/mol. The molecule has 4 nitrogen and oxygen atoms in total. The van der Waals surface area contributed by atoms with E-state index in [0.717, 1.165) is 42.7 Å². The van der Waals surface area contributed by atoms with E-state index < -0.39 is 5.97 Å². The molecule has 1 fully saturated rings. The van der Waals surface area contributed by atoms with Crippen molar-refractivity contribution in [1.82, 2.24) is 0 Å². The van der Waals surface area contributed by atoms with Gasteiger partial charge in [-0.1, -0.05) is 6.08 Å². The number of phenolic OH excluding ortho intramolecular Hbond substituents is 1. The minimum atomic E-state index is -0.656. The van der Waals surface area contributed by atoms with Crippen LogP contribution < -0.4 is 10.6 Å². The van der Waals surface area contributed by atoms with E-state index in [0.29, 0.717) is 5.92 Å². The third-order valence-electron chi connectivity index (χ3n) is 4.56. The zero-order valence-corrected chi connectivity index (χ0v) is 11.3. The Bertz CT molecular complexity index is 630. The number of carbonyl (C=O) groups is 1. The normalized spacial score (nSPS) is 28.9. The maximum Gasteiger partial charge on any atom is 0.306 e. The molecule has 3 rings (SSSR count). The van der Waals surface area contributed by atoms with E-state index in [1.165, 1.54) is 0 Å². The highest BCUT2D eigenvalue weighted by Crippen LogP contribution is 2.33. The van der Waals surface area contributed by atoms with E-state index >= 15 is 0 Å². The molecular weight excluding hydrogens is 254 g/mol. The molecule has 0 saturated heterocycles. The van der Waals surface area contributed by atoms with Gasteiger partial charge in [0.05, 0.1) is 17.3 Å². The van der Waals surface area contributed by atoms with Crippen LogP contribution in [0.4, 0.5) is 0 Å². The molecular formula is C16H19NO3. The van der Waals surface area contributed by atoms with E-state index in [1.807, 2.05) is 6.07 Å². The van der Waals surface area contributed by atoms with Crippen LogP contribution in [-0.2, 0) is 4.79 Å². The third kappa shape index (κ3) is 2.55. The van der Waals surface area contributed by atoms with Crippen molar-refractivity contribution in [3.63, 3.8) is 0 Å². The first kappa shape index (κ1) is 13.2. The summed E-state index contributed by atoms with van der Waals surface area (Å²) in [6, 6.07) is 5.54. The summed E-state index contributed by atoms with van der Waals surface area (Å²) in [5.74, 6) is -0.0566. The number of fused-ring (bicyclic) bond motifs is 1. The summed E-state index contributed by atoms with van der Waals surface area (Å²) in [4.78, 5) is 15.8. The molecule has 0 amide bonds. The molecule has 0 bridgehead atoms. The van der Waals surface area contributed by atoms with E-state index in [2.05, 4.69) is 6.08 Å². The van der Waals surface area contributed by atoms with E-state index in [9.17, 15) is 9.90 Å². The van der Waals surface area contributed by atoms with Crippen LogP contribution in [-0.4, -0.2) is 22.2 Å². The Morgan fingerprint density at radius 2 is 1.95 bits per heavy atom. The van der Waals surface area contributed by atoms with Crippen LogP contribution in [0.25, 0.3) is 6.08 Å². The molecule has 1 aliphatic carbocycles. The van der Waals surface area contributed by atoms with Gasteiger partial charge in [0.1, 0.15) is 5.75 Å². The molecule has 1 saturated carbocycles. The zero-order valence-electron chi connectivity index (χ0n) is 11.3. The Morgan fingerprint density at radius 1 is 1.20 bits per heavy atom. The minimum Gasteiger partial charge on any atom is -0.508 e. The zero-order chi connectivity index (χ0) is 14.1. The van der Waals surface area contributed by atoms with Gasteiger partial charge < -0.3 is 10.2 Å². The van der Waals surface area contributed by atoms with Gasteiger partial charge in [-0.05, 0) is 61.4 Å². The number of phenols is 1. The second kappa shape index (κ2) is 5.27. The standard InChI is InChI=1S/C16H19NO3/c18-13-6-8-15-12(9-13)5-7-14(17-15)10-1-3-11(4-2-10)16(19)20/h5-6,8-11,14,18H,1-4,7H2,(H,19,20). The SMILES string of the molecule is O=C(O)C1CCC(C2CC=c3cc(O)ccc3=N2)CC1. The summed E-state index contributed by atoms with van der Waals surface area (Å²) in [5.41, 5.74) is 0. The van der Waals surface area contributed by atoms with Crippen molar-refractivity contribution < 1.29 is 15.0 Å². The van der Waals surface area contributed by atoms with Crippen LogP contribution in [0.15, 0.2) is 23.2 Å². The van der Waals surface area contributed by atoms with Crippen LogP contribution in [0, 0.1) is 11.8 Å². The van der Waals surface area contributed by atoms with Crippen molar-refractivity contribution in [2.24, 2.45) is 16.8 Å². The number of aliphatic carboxylic acids is 1. The van der Waals surface area contributed by atoms with Crippen molar-refractivity contribution in [2.75, 3.05) is 0 Å². The molecule has 1 aliphatic heterocycles. The van der Waals surface area contributed by atoms with Gasteiger partial charge in [-0.15, -0.1) is 0 Å². The molecule has 1 aromatic carbocycles. The Labute approximate surface area is 117 Å². The third-order valence-corrected chi connectivity index (χ3v) is 4.56. The Kier molecular flexibility index (Phi) is 3.47. The average molecular weight is 273 g/mol. The molecule has 2 aliphatic rings. The summed E-state index contributed by atoms with van der Waals surface area (Å²) in [6.45, 7) is 0. The van der Waals surface area contributed by atoms with Crippen LogP contribution in [0.5, 0.6) is 5.75 Å². The van der Waals surface area contributed by atoms with Gasteiger partial charge >= 0.3 is 5.97 Å². The second-order valence-corrected chi connectivity index (χ2v) is 5.83. The number of rotatable bonds is 2. The highest BCUT2D eigenvalue weighted by Gasteiger charge is 2.30. The summed E-state index contributed by atoms with van der Waals surface area (Å²) >= 11 is 0. The highest BCUT2D eigenvalue weighted by atomic mass is 16.4. The fourth-order valence-electron chi connectivity index (χ4n) is 3.35. The molecule has 2 N–H and O–H groups in total. The smallest absolute Gasteiger partial charge is 0.306 e. The second-order valence-electron chi connectivity index (χ2n) is 5.83. The fourth-order valence-corrected chi connectivity index (χ4v) is 3.35. The molecule has 1 heterocycles. The lowest BCUT2D eigenvalue weighted by molar-refractivity contribution is -0.143. The van der Waals surface area contributed by atoms with E-state index in [-0.39, 0.29) is 17.7 Å². The number of nitrogens with zero attached hydrogens (tertiary/aromatic N) is 1. The van der Waals surface area contributed by atoms with Gasteiger partial charge in [-0.25, -0.2) is 0 Å². The molecule has 0 radical (unpaired) electrons. The maximum atomic E-state index is 11.0. The summed E-state index contributed by atoms with van der Waals surface area (Å²) in [6.07, 6.45) is 6.47. The molecule has 0 aromatic heterocycles. The van der Waals surface area contributed by atoms with E-state index in [1.54, 1.807) is 12.1 Å². The van der Waals surface area contributed by atoms with Gasteiger partial charge in [0, 0.05) is 0 Å². The largest absolute Gasteiger partial charge is 0.508 e. The average Bonchev–Trinajstić information content (AvgIpc) is 2.47. The lowest BCUT2D eigenvalue weighted by Crippen LogP contribution is -2.35. The molecule has 0 spiro atoms. The Morgan fingerprint density at radius 3 is 2.65 bits per heavy atom. The fraction of sp³-hybridized carbons (Fsp3) is 0.500. The number of carboxylic acid groups (broad SMARTS) is 1. The maximum absolute atomic E-state index is 11.0. The van der Waals surface area contributed by atoms with Crippen LogP contribution in [0.1, 0.15) is 32.1 Å². The van der Waals surface area contributed by atoms with Gasteiger partial charge in [0.25, 0.3) is 0 Å². The van der Waals surface area contributed by atoms with Crippen molar-refractivity contribution in [1.29, 1.82) is 0 Å². The summed E-state index contributed by atoms with van der Waals surface area (Å²) in [5, 5.41) is 20.4. The van der Waals surface area contributed by atoms with Gasteiger partial charge in [-0.3, -0.25) is 9.79 Å². The van der Waals surface area contributed by atoms with Crippen LogP contribution >= 0.6 is 0 Å². The Hall–Kier alpha value is -1.84. The minimum absolute atomic E-state index is 0.164. The molecule has 20 heavy (non-hydrogen) atoms. The number of aromatic hydroxyl groups is 1. The van der Waals surface area contributed by atoms with Crippen molar-refractivity contribution in [2.45, 2.75) is 38.1 Å². The number of hydrogen-bond donors (Lipinski definition) is 2. The number of hydrogen-bond acceptors (Lipinski definition) is 3. The van der Waals surface area contributed by atoms with Crippen LogP contribution in [0.2, 0.25) is 0 Å². The summed E-state index contributed by atoms with van der Waals surface area (Å²) in [7, 11) is 0. The first-order valence-corrected chi connectivity index (χ1v) is 7.23. The van der Waals surface area contributed by atoms with E-state index in [4.69, 9.17) is 10.1 Å². The molecule has 1 atom stereocenters. The van der Waals surface area contributed by atoms with Gasteiger partial charge in [0.2, 0.25) is 0 Å². The lowest BCUT2D eigenvalue weighted by Gasteiger charge is -2.30. The highest BCUT2D eigenvalue weighted by molar-refractivity contribution is 5.70. The topological polar surface area (TPSA) is 69.9 Å². The van der Waals surface area contributed by atoms with Crippen molar-refractivity contribution >= 4 is 12.0 Å². The first-order valence-electron chi connectivity index (χ1n) is 7.23. The molecule has 1 aromatic rings. The first-order chi connectivity index (χ1) is 9.63. The monoisotopic (exact) mass is 273 g/mol. The van der Waals surface area contributed by atoms with Crippen molar-refractivity contribution in [3.8, 4) is 5.75 Å². The quantitative estimate of drug-likeness (QED) is 0.857. The Balaban J connectivity index is 1.74. The van der Waals surface area contributed by atoms with Gasteiger partial charge in [0.15, 0.2) is 0 Å². The lowest BCUT2D eigenvalue weighted by atomic mass is 9.77. The van der Waals surface area contributed by atoms with Gasteiger partial charge in [-0.2, -0.15) is 0 Å². The van der Waals surface area contributed by atoms with Crippen molar-refractivity contribution in [3.05, 3.63) is 28.8 Å². The molecule has 106 valence electrons. The molecule has 1 unspecified atom stereocenters.